The number of ether oxygens (including phenoxy) is 1. The van der Waals surface area contributed by atoms with Gasteiger partial charge in [0.1, 0.15) is 12.0 Å². The molecule has 2 rings (SSSR count). The number of nitrogen functional groups attached to an aromatic ring is 1. The van der Waals surface area contributed by atoms with E-state index in [1.165, 1.54) is 6.33 Å². The van der Waals surface area contributed by atoms with Crippen molar-refractivity contribution in [1.82, 2.24) is 9.97 Å². The molecule has 0 fully saturated rings. The summed E-state index contributed by atoms with van der Waals surface area (Å²) >= 11 is 0. The van der Waals surface area contributed by atoms with Gasteiger partial charge in [-0.25, -0.2) is 15.9 Å². The summed E-state index contributed by atoms with van der Waals surface area (Å²) in [6.45, 7) is 0.985. The molecule has 11 heteroatoms. The molecule has 0 unspecified atom stereocenters. The number of fused-ring (bicyclic) bond motifs is 1. The van der Waals surface area contributed by atoms with Crippen LogP contribution >= 0.6 is 0 Å². The lowest BCUT2D eigenvalue weighted by atomic mass is 10.1. The highest BCUT2D eigenvalue weighted by Gasteiger charge is 2.30. The van der Waals surface area contributed by atoms with E-state index >= 15 is 0 Å². The van der Waals surface area contributed by atoms with Crippen molar-refractivity contribution in [3.63, 3.8) is 0 Å². The Morgan fingerprint density at radius 1 is 1.59 bits per heavy atom. The number of hydrogen-bond donors (Lipinski definition) is 3. The minimum Gasteiger partial charge on any atom is -0.382 e. The van der Waals surface area contributed by atoms with Gasteiger partial charge in [-0.2, -0.15) is 0 Å². The van der Waals surface area contributed by atoms with Crippen molar-refractivity contribution < 1.29 is 9.57 Å². The number of nitrogens with two attached hydrogens (primary N) is 2. The normalized spacial score (nSPS) is 15.6. The van der Waals surface area contributed by atoms with Crippen LogP contribution in [0, 0.1) is 0 Å². The number of nitrogens with one attached hydrogen (secondary N) is 1. The molecule has 0 bridgehead atoms. The van der Waals surface area contributed by atoms with Crippen LogP contribution in [-0.2, 0) is 9.57 Å². The van der Waals surface area contributed by atoms with Gasteiger partial charge < -0.3 is 25.5 Å². The van der Waals surface area contributed by atoms with Crippen molar-refractivity contribution >= 4 is 17.3 Å². The van der Waals surface area contributed by atoms with Crippen LogP contribution < -0.4 is 21.8 Å². The fourth-order valence-corrected chi connectivity index (χ4v) is 2.39. The highest BCUT2D eigenvalue weighted by Crippen LogP contribution is 2.34. The zero-order chi connectivity index (χ0) is 15.9. The van der Waals surface area contributed by atoms with Crippen molar-refractivity contribution in [2.75, 3.05) is 42.9 Å². The van der Waals surface area contributed by atoms with Crippen molar-refractivity contribution in [2.24, 2.45) is 11.0 Å². The summed E-state index contributed by atoms with van der Waals surface area (Å²) in [6, 6.07) is -0.140. The van der Waals surface area contributed by atoms with E-state index in [1.807, 2.05) is 4.90 Å². The molecular formula is C11H19N9O2. The summed E-state index contributed by atoms with van der Waals surface area (Å²) in [6.07, 6.45) is 1.72. The van der Waals surface area contributed by atoms with E-state index in [0.717, 1.165) is 0 Å². The van der Waals surface area contributed by atoms with Gasteiger partial charge in [0.05, 0.1) is 19.4 Å². The Morgan fingerprint density at radius 3 is 3.09 bits per heavy atom. The Balaban J connectivity index is 2.20. The minimum atomic E-state index is -0.230. The summed E-state index contributed by atoms with van der Waals surface area (Å²) < 4.78 is 5.33. The number of rotatable bonds is 8. The van der Waals surface area contributed by atoms with Gasteiger partial charge in [0.25, 0.3) is 0 Å². The summed E-state index contributed by atoms with van der Waals surface area (Å²) in [7, 11) is 1.57. The summed E-state index contributed by atoms with van der Waals surface area (Å²) in [5.41, 5.74) is 15.1. The molecule has 0 radical (unpaired) electrons. The molecule has 0 saturated carbocycles. The molecule has 1 aliphatic heterocycles. The number of azide groups is 1. The molecule has 0 amide bonds. The Bertz CT molecular complexity index is 548. The molecule has 1 aromatic rings. The van der Waals surface area contributed by atoms with Gasteiger partial charge in [-0.05, 0) is 12.0 Å². The third-order valence-electron chi connectivity index (χ3n) is 3.50. The molecular weight excluding hydrogens is 290 g/mol. The van der Waals surface area contributed by atoms with Gasteiger partial charge in [-0.3, -0.25) is 0 Å². The van der Waals surface area contributed by atoms with E-state index < -0.39 is 0 Å². The van der Waals surface area contributed by atoms with Crippen LogP contribution in [-0.4, -0.2) is 49.0 Å². The number of aromatic nitrogens is 2. The molecule has 0 aromatic carbocycles. The first kappa shape index (κ1) is 16.0. The molecule has 22 heavy (non-hydrogen) atoms. The van der Waals surface area contributed by atoms with Gasteiger partial charge in [0.2, 0.25) is 0 Å². The van der Waals surface area contributed by atoms with Crippen LogP contribution in [0.15, 0.2) is 11.4 Å². The molecule has 0 spiro atoms. The maximum absolute atomic E-state index is 8.59. The van der Waals surface area contributed by atoms with E-state index in [2.05, 4.69) is 30.1 Å². The quantitative estimate of drug-likeness (QED) is 0.266. The first-order valence-electron chi connectivity index (χ1n) is 6.67. The third kappa shape index (κ3) is 3.46. The highest BCUT2D eigenvalue weighted by molar-refractivity contribution is 5.80. The Labute approximate surface area is 127 Å². The predicted octanol–water partition coefficient (Wildman–Crippen LogP) is 0.223. The minimum absolute atomic E-state index is 0.140. The second kappa shape index (κ2) is 7.61. The van der Waals surface area contributed by atoms with Crippen LogP contribution in [0.25, 0.3) is 10.4 Å². The van der Waals surface area contributed by atoms with Gasteiger partial charge in [0, 0.05) is 24.6 Å². The first-order valence-corrected chi connectivity index (χ1v) is 6.67. The monoisotopic (exact) mass is 309 g/mol. The van der Waals surface area contributed by atoms with Crippen LogP contribution in [0.5, 0.6) is 0 Å². The lowest BCUT2D eigenvalue weighted by Gasteiger charge is -2.29. The number of hydrogen-bond acceptors (Lipinski definition) is 9. The highest BCUT2D eigenvalue weighted by atomic mass is 16.6. The maximum atomic E-state index is 8.59. The fraction of sp³-hybridized carbons (Fsp3) is 0.636. The smallest absolute Gasteiger partial charge is 0.159 e. The lowest BCUT2D eigenvalue weighted by molar-refractivity contribution is 0.000681. The Morgan fingerprint density at radius 2 is 2.41 bits per heavy atom. The first-order chi connectivity index (χ1) is 10.7. The fourth-order valence-electron chi connectivity index (χ4n) is 2.39. The average molecular weight is 309 g/mol. The van der Waals surface area contributed by atoms with E-state index in [4.69, 9.17) is 21.9 Å². The Hall–Kier alpha value is -2.33. The standard InChI is InChI=1S/C11H19N9O2/c1-21-8(4-22-14)2-7(3-18-19-13)20-6-17-9-10(12)15-5-16-11(9)20/h5,7-8,17H,2-4,6,14H2,1H3,(H2,12,15,16)/t7-,8+/m1/s1. The molecule has 5 N–H and O–H groups in total. The molecule has 1 aliphatic rings. The third-order valence-corrected chi connectivity index (χ3v) is 3.50. The van der Waals surface area contributed by atoms with Crippen molar-refractivity contribution in [3.8, 4) is 0 Å². The summed E-state index contributed by atoms with van der Waals surface area (Å²) in [5.74, 6) is 6.16. The molecule has 2 atom stereocenters. The van der Waals surface area contributed by atoms with Crippen LogP contribution in [0.1, 0.15) is 6.42 Å². The van der Waals surface area contributed by atoms with E-state index in [-0.39, 0.29) is 25.3 Å². The second-order valence-corrected chi connectivity index (χ2v) is 4.76. The van der Waals surface area contributed by atoms with Crippen LogP contribution in [0.4, 0.5) is 17.3 Å². The summed E-state index contributed by atoms with van der Waals surface area (Å²) in [5, 5.41) is 6.81. The van der Waals surface area contributed by atoms with Gasteiger partial charge in [0.15, 0.2) is 11.6 Å². The van der Waals surface area contributed by atoms with Crippen LogP contribution in [0.3, 0.4) is 0 Å². The molecule has 0 saturated heterocycles. The molecule has 0 aliphatic carbocycles. The van der Waals surface area contributed by atoms with E-state index in [9.17, 15) is 0 Å². The van der Waals surface area contributed by atoms with Crippen molar-refractivity contribution in [2.45, 2.75) is 18.6 Å². The molecule has 120 valence electrons. The number of methoxy groups -OCH3 is 1. The van der Waals surface area contributed by atoms with Crippen LogP contribution in [0.2, 0.25) is 0 Å². The van der Waals surface area contributed by atoms with Gasteiger partial charge in [-0.1, -0.05) is 5.11 Å². The zero-order valence-corrected chi connectivity index (χ0v) is 12.2. The maximum Gasteiger partial charge on any atom is 0.159 e. The topological polar surface area (TPSA) is 160 Å². The number of anilines is 3. The van der Waals surface area contributed by atoms with Crippen molar-refractivity contribution in [3.05, 3.63) is 16.8 Å². The lowest BCUT2D eigenvalue weighted by Crippen LogP contribution is -2.41. The molecule has 2 heterocycles. The Kier molecular flexibility index (Phi) is 5.55. The molecule has 1 aromatic heterocycles. The number of nitrogens with zero attached hydrogens (tertiary/aromatic N) is 6. The predicted molar refractivity (Wildman–Crippen MR) is 80.8 cm³/mol. The largest absolute Gasteiger partial charge is 0.382 e. The zero-order valence-electron chi connectivity index (χ0n) is 12.2. The van der Waals surface area contributed by atoms with Gasteiger partial charge >= 0.3 is 0 Å². The average Bonchev–Trinajstić information content (AvgIpc) is 2.96. The summed E-state index contributed by atoms with van der Waals surface area (Å²) in [4.78, 5) is 17.6. The SMILES string of the molecule is CO[C@H](CON)C[C@H](CN=[N+]=[N-])N1CNc2c(N)ncnc21. The van der Waals surface area contributed by atoms with E-state index in [1.54, 1.807) is 7.11 Å². The molecule has 11 nitrogen and oxygen atoms in total. The van der Waals surface area contributed by atoms with Gasteiger partial charge in [-0.15, -0.1) is 0 Å². The van der Waals surface area contributed by atoms with Crippen molar-refractivity contribution in [1.29, 1.82) is 0 Å². The van der Waals surface area contributed by atoms with E-state index in [0.29, 0.717) is 30.4 Å². The second-order valence-electron chi connectivity index (χ2n) is 4.76.